The van der Waals surface area contributed by atoms with Gasteiger partial charge in [0.1, 0.15) is 11.9 Å². The van der Waals surface area contributed by atoms with Crippen LogP contribution < -0.4 is 0 Å². The summed E-state index contributed by atoms with van der Waals surface area (Å²) in [6, 6.07) is 12.2. The third-order valence-electron chi connectivity index (χ3n) is 6.15. The first kappa shape index (κ1) is 21.5. The van der Waals surface area contributed by atoms with Crippen molar-refractivity contribution in [3.8, 4) is 0 Å². The van der Waals surface area contributed by atoms with Crippen LogP contribution in [0.3, 0.4) is 0 Å². The van der Waals surface area contributed by atoms with Crippen LogP contribution in [-0.4, -0.2) is 46.7 Å². The highest BCUT2D eigenvalue weighted by Gasteiger charge is 2.21. The van der Waals surface area contributed by atoms with E-state index in [9.17, 15) is 14.3 Å². The first-order valence-electron chi connectivity index (χ1n) is 10.9. The van der Waals surface area contributed by atoms with E-state index in [0.717, 1.165) is 61.1 Å². The lowest BCUT2D eigenvalue weighted by Crippen LogP contribution is -2.37. The van der Waals surface area contributed by atoms with E-state index in [1.54, 1.807) is 19.1 Å². The number of carbonyl (C=O) groups is 1. The van der Waals surface area contributed by atoms with Gasteiger partial charge in [0.05, 0.1) is 11.7 Å². The third-order valence-corrected chi connectivity index (χ3v) is 6.15. The largest absolute Gasteiger partial charge is 0.454 e. The van der Waals surface area contributed by atoms with Gasteiger partial charge in [-0.25, -0.2) is 9.18 Å². The number of benzene rings is 2. The van der Waals surface area contributed by atoms with Crippen molar-refractivity contribution >= 4 is 16.9 Å². The van der Waals surface area contributed by atoms with Crippen molar-refractivity contribution < 1.29 is 19.0 Å². The Hall–Kier alpha value is -2.70. The lowest BCUT2D eigenvalue weighted by atomic mass is 10.0. The molecule has 0 spiro atoms. The molecule has 1 aliphatic heterocycles. The van der Waals surface area contributed by atoms with Gasteiger partial charge in [-0.1, -0.05) is 18.2 Å². The van der Waals surface area contributed by atoms with Crippen molar-refractivity contribution in [3.63, 3.8) is 0 Å². The number of halogens is 1. The quantitative estimate of drug-likeness (QED) is 0.571. The van der Waals surface area contributed by atoms with Gasteiger partial charge in [-0.2, -0.15) is 0 Å². The summed E-state index contributed by atoms with van der Waals surface area (Å²) in [5, 5.41) is 10.5. The van der Waals surface area contributed by atoms with Crippen LogP contribution in [0.1, 0.15) is 53.0 Å². The number of ether oxygens (including phenoxy) is 1. The molecule has 164 valence electrons. The summed E-state index contributed by atoms with van der Waals surface area (Å²) in [5.41, 5.74) is 4.14. The van der Waals surface area contributed by atoms with Crippen LogP contribution in [0, 0.1) is 12.7 Å². The van der Waals surface area contributed by atoms with E-state index in [4.69, 9.17) is 4.74 Å². The number of nitrogens with one attached hydrogen (secondary N) is 1. The number of aliphatic hydroxyl groups is 1. The highest BCUT2D eigenvalue weighted by atomic mass is 19.1. The number of carbonyl (C=O) groups excluding carboxylic acids is 1. The van der Waals surface area contributed by atoms with E-state index in [1.807, 2.05) is 13.0 Å². The molecular weight excluding hydrogens is 395 g/mol. The Labute approximate surface area is 181 Å². The van der Waals surface area contributed by atoms with Crippen molar-refractivity contribution in [2.24, 2.45) is 0 Å². The SMILES string of the molecule is Cc1[nH]c2ccc(CCN3CCC(O)CC3)cc2c1C(=O)O[C@@H](C)c1ccc(F)cc1. The molecule has 1 aliphatic rings. The van der Waals surface area contributed by atoms with E-state index in [-0.39, 0.29) is 17.9 Å². The first-order valence-corrected chi connectivity index (χ1v) is 10.9. The number of hydrogen-bond acceptors (Lipinski definition) is 4. The number of esters is 1. The first-order chi connectivity index (χ1) is 14.9. The predicted octanol–water partition coefficient (Wildman–Crippen LogP) is 4.53. The third kappa shape index (κ3) is 4.97. The average Bonchev–Trinajstić information content (AvgIpc) is 3.08. The van der Waals surface area contributed by atoms with Crippen LogP contribution >= 0.6 is 0 Å². The Bertz CT molecular complexity index is 1050. The molecule has 0 aliphatic carbocycles. The second kappa shape index (κ2) is 9.20. The minimum Gasteiger partial charge on any atom is -0.454 e. The maximum absolute atomic E-state index is 13.2. The highest BCUT2D eigenvalue weighted by Crippen LogP contribution is 2.27. The van der Waals surface area contributed by atoms with Gasteiger partial charge in [0.2, 0.25) is 0 Å². The fourth-order valence-electron chi connectivity index (χ4n) is 4.24. The van der Waals surface area contributed by atoms with Crippen molar-refractivity contribution in [3.05, 3.63) is 70.7 Å². The van der Waals surface area contributed by atoms with Crippen LogP contribution in [0.15, 0.2) is 42.5 Å². The number of H-pyrrole nitrogens is 1. The molecule has 0 radical (unpaired) electrons. The van der Waals surface area contributed by atoms with Crippen LogP contribution in [0.4, 0.5) is 4.39 Å². The maximum Gasteiger partial charge on any atom is 0.341 e. The second-order valence-electron chi connectivity index (χ2n) is 8.43. The molecule has 5 nitrogen and oxygen atoms in total. The summed E-state index contributed by atoms with van der Waals surface area (Å²) in [4.78, 5) is 18.6. The van der Waals surface area contributed by atoms with E-state index in [1.165, 1.54) is 17.7 Å². The van der Waals surface area contributed by atoms with E-state index < -0.39 is 6.10 Å². The van der Waals surface area contributed by atoms with Crippen molar-refractivity contribution in [2.75, 3.05) is 19.6 Å². The van der Waals surface area contributed by atoms with Crippen molar-refractivity contribution in [1.82, 2.24) is 9.88 Å². The molecule has 2 heterocycles. The van der Waals surface area contributed by atoms with Gasteiger partial charge in [-0.05, 0) is 68.5 Å². The van der Waals surface area contributed by atoms with Crippen LogP contribution in [0.5, 0.6) is 0 Å². The monoisotopic (exact) mass is 424 g/mol. The summed E-state index contributed by atoms with van der Waals surface area (Å²) in [6.07, 6.45) is 1.91. The Morgan fingerprint density at radius 1 is 1.23 bits per heavy atom. The van der Waals surface area contributed by atoms with Crippen LogP contribution in [-0.2, 0) is 11.2 Å². The zero-order valence-corrected chi connectivity index (χ0v) is 18.0. The van der Waals surface area contributed by atoms with Crippen LogP contribution in [0.2, 0.25) is 0 Å². The number of rotatable bonds is 6. The predicted molar refractivity (Wildman–Crippen MR) is 119 cm³/mol. The lowest BCUT2D eigenvalue weighted by molar-refractivity contribution is 0.0339. The number of aromatic nitrogens is 1. The summed E-state index contributed by atoms with van der Waals surface area (Å²) in [6.45, 7) is 6.44. The fraction of sp³-hybridized carbons (Fsp3) is 0.400. The van der Waals surface area contributed by atoms with E-state index >= 15 is 0 Å². The molecule has 1 atom stereocenters. The normalized spacial score (nSPS) is 16.5. The molecule has 3 aromatic rings. The summed E-state index contributed by atoms with van der Waals surface area (Å²) >= 11 is 0. The fourth-order valence-corrected chi connectivity index (χ4v) is 4.24. The molecule has 2 aromatic carbocycles. The topological polar surface area (TPSA) is 65.6 Å². The number of piperidine rings is 1. The van der Waals surface area contributed by atoms with E-state index in [2.05, 4.69) is 22.0 Å². The van der Waals surface area contributed by atoms with Crippen molar-refractivity contribution in [1.29, 1.82) is 0 Å². The maximum atomic E-state index is 13.2. The number of hydrogen-bond donors (Lipinski definition) is 2. The summed E-state index contributed by atoms with van der Waals surface area (Å²) in [7, 11) is 0. The number of likely N-dealkylation sites (tertiary alicyclic amines) is 1. The Kier molecular flexibility index (Phi) is 6.39. The van der Waals surface area contributed by atoms with Crippen LogP contribution in [0.25, 0.3) is 10.9 Å². The zero-order chi connectivity index (χ0) is 22.0. The molecule has 0 amide bonds. The van der Waals surface area contributed by atoms with E-state index in [0.29, 0.717) is 5.56 Å². The minimum atomic E-state index is -0.477. The number of fused-ring (bicyclic) bond motifs is 1. The molecule has 0 saturated carbocycles. The average molecular weight is 425 g/mol. The second-order valence-corrected chi connectivity index (χ2v) is 8.43. The summed E-state index contributed by atoms with van der Waals surface area (Å²) < 4.78 is 18.9. The smallest absolute Gasteiger partial charge is 0.341 e. The van der Waals surface area contributed by atoms with Gasteiger partial charge in [0.25, 0.3) is 0 Å². The number of aromatic amines is 1. The zero-order valence-electron chi connectivity index (χ0n) is 18.0. The Morgan fingerprint density at radius 3 is 2.65 bits per heavy atom. The van der Waals surface area contributed by atoms with Gasteiger partial charge in [0.15, 0.2) is 0 Å². The van der Waals surface area contributed by atoms with Gasteiger partial charge >= 0.3 is 5.97 Å². The number of aliphatic hydroxyl groups excluding tert-OH is 1. The van der Waals surface area contributed by atoms with Gasteiger partial charge in [0, 0.05) is 36.2 Å². The number of aryl methyl sites for hydroxylation is 1. The molecular formula is C25H29FN2O3. The molecule has 0 bridgehead atoms. The molecule has 2 N–H and O–H groups in total. The highest BCUT2D eigenvalue weighted by molar-refractivity contribution is 6.05. The Morgan fingerprint density at radius 2 is 1.94 bits per heavy atom. The van der Waals surface area contributed by atoms with Crippen molar-refractivity contribution in [2.45, 2.75) is 45.3 Å². The van der Waals surface area contributed by atoms with Gasteiger partial charge in [-0.15, -0.1) is 0 Å². The Balaban J connectivity index is 1.49. The molecule has 4 rings (SSSR count). The minimum absolute atomic E-state index is 0.165. The molecule has 0 unspecified atom stereocenters. The number of nitrogens with zero attached hydrogens (tertiary/aromatic N) is 1. The van der Waals surface area contributed by atoms with Gasteiger partial charge < -0.3 is 19.7 Å². The molecule has 1 aromatic heterocycles. The van der Waals surface area contributed by atoms with Gasteiger partial charge in [-0.3, -0.25) is 0 Å². The molecule has 6 heteroatoms. The standard InChI is InChI=1S/C25H29FN2O3/c1-16-24(25(30)31-17(2)19-4-6-20(26)7-5-19)22-15-18(3-8-23(22)27-16)9-12-28-13-10-21(29)11-14-28/h3-8,15,17,21,27,29H,9-14H2,1-2H3/t17-/m0/s1. The molecule has 1 saturated heterocycles. The summed E-state index contributed by atoms with van der Waals surface area (Å²) in [5.74, 6) is -0.703. The lowest BCUT2D eigenvalue weighted by Gasteiger charge is -2.29. The molecule has 1 fully saturated rings. The molecule has 31 heavy (non-hydrogen) atoms.